The smallest absolute Gasteiger partial charge is 0.409 e. The summed E-state index contributed by atoms with van der Waals surface area (Å²) >= 11 is 0. The van der Waals surface area contributed by atoms with E-state index >= 15 is 0 Å². The monoisotopic (exact) mass is 291 g/mol. The van der Waals surface area contributed by atoms with Gasteiger partial charge in [-0.25, -0.2) is 0 Å². The number of benzene rings is 1. The number of nitrogens with two attached hydrogens (primary N) is 1. The van der Waals surface area contributed by atoms with Gasteiger partial charge in [0.15, 0.2) is 0 Å². The Bertz CT molecular complexity index is 446. The zero-order valence-electron chi connectivity index (χ0n) is 10.8. The zero-order chi connectivity index (χ0) is 15.2. The van der Waals surface area contributed by atoms with E-state index in [1.807, 2.05) is 6.92 Å². The lowest BCUT2D eigenvalue weighted by molar-refractivity contribution is -0.274. The summed E-state index contributed by atoms with van der Waals surface area (Å²) in [6, 6.07) is 5.28. The van der Waals surface area contributed by atoms with E-state index in [1.54, 1.807) is 0 Å². The van der Waals surface area contributed by atoms with E-state index in [2.05, 4.69) is 15.2 Å². The summed E-state index contributed by atoms with van der Waals surface area (Å²) in [6.45, 7) is 1.91. The van der Waals surface area contributed by atoms with Crippen LogP contribution < -0.4 is 15.8 Å². The number of amidine groups is 1. The standard InChI is InChI=1S/C12H16F3N3O2/c1-2-8(7-11(16)18-19)17-9-3-5-10(6-4-9)20-12(13,14)15/h3-6,8,17,19H,2,7H2,1H3,(H2,16,18). The molecule has 0 aromatic heterocycles. The lowest BCUT2D eigenvalue weighted by atomic mass is 10.1. The molecule has 1 aromatic rings. The topological polar surface area (TPSA) is 79.9 Å². The Kier molecular flexibility index (Phi) is 5.48. The van der Waals surface area contributed by atoms with Crippen molar-refractivity contribution in [2.75, 3.05) is 5.32 Å². The van der Waals surface area contributed by atoms with Crippen LogP contribution in [0.25, 0.3) is 0 Å². The first kappa shape index (κ1) is 15.9. The van der Waals surface area contributed by atoms with Crippen LogP contribution in [0.3, 0.4) is 0 Å². The molecule has 20 heavy (non-hydrogen) atoms. The third kappa shape index (κ3) is 5.68. The van der Waals surface area contributed by atoms with Crippen LogP contribution in [-0.4, -0.2) is 23.4 Å². The van der Waals surface area contributed by atoms with Crippen LogP contribution in [0.2, 0.25) is 0 Å². The Morgan fingerprint density at radius 1 is 1.40 bits per heavy atom. The van der Waals surface area contributed by atoms with Crippen LogP contribution in [0.5, 0.6) is 5.75 Å². The minimum absolute atomic E-state index is 0.0831. The van der Waals surface area contributed by atoms with Crippen molar-refractivity contribution in [3.8, 4) is 5.75 Å². The van der Waals surface area contributed by atoms with E-state index in [0.29, 0.717) is 18.5 Å². The number of hydrogen-bond donors (Lipinski definition) is 3. The Labute approximate surface area is 114 Å². The van der Waals surface area contributed by atoms with Crippen molar-refractivity contribution >= 4 is 11.5 Å². The highest BCUT2D eigenvalue weighted by Crippen LogP contribution is 2.24. The molecule has 0 radical (unpaired) electrons. The molecule has 0 bridgehead atoms. The lowest BCUT2D eigenvalue weighted by Crippen LogP contribution is -2.26. The van der Waals surface area contributed by atoms with E-state index in [1.165, 1.54) is 24.3 Å². The number of ether oxygens (including phenoxy) is 1. The molecular formula is C12H16F3N3O2. The predicted molar refractivity (Wildman–Crippen MR) is 68.9 cm³/mol. The van der Waals surface area contributed by atoms with Crippen LogP contribution in [0.15, 0.2) is 29.4 Å². The number of rotatable bonds is 6. The quantitative estimate of drug-likeness (QED) is 0.326. The molecule has 0 fully saturated rings. The maximum absolute atomic E-state index is 12.0. The number of oxime groups is 1. The SMILES string of the molecule is CCC(CC(N)=NO)Nc1ccc(OC(F)(F)F)cc1. The number of anilines is 1. The molecule has 5 nitrogen and oxygen atoms in total. The fourth-order valence-electron chi connectivity index (χ4n) is 1.58. The van der Waals surface area contributed by atoms with Crippen LogP contribution in [0.1, 0.15) is 19.8 Å². The van der Waals surface area contributed by atoms with Gasteiger partial charge in [0.1, 0.15) is 11.6 Å². The summed E-state index contributed by atoms with van der Waals surface area (Å²) in [4.78, 5) is 0. The molecule has 1 unspecified atom stereocenters. The first-order chi connectivity index (χ1) is 9.34. The Hall–Kier alpha value is -2.12. The van der Waals surface area contributed by atoms with Crippen molar-refractivity contribution in [2.45, 2.75) is 32.2 Å². The molecule has 0 saturated carbocycles. The van der Waals surface area contributed by atoms with Gasteiger partial charge in [0.2, 0.25) is 0 Å². The summed E-state index contributed by atoms with van der Waals surface area (Å²) in [7, 11) is 0. The molecule has 0 spiro atoms. The van der Waals surface area contributed by atoms with Gasteiger partial charge in [-0.3, -0.25) is 0 Å². The predicted octanol–water partition coefficient (Wildman–Crippen LogP) is 2.91. The molecule has 1 rings (SSSR count). The molecule has 112 valence electrons. The van der Waals surface area contributed by atoms with E-state index in [0.717, 1.165) is 0 Å². The zero-order valence-corrected chi connectivity index (χ0v) is 10.8. The minimum atomic E-state index is -4.70. The normalized spacial score (nSPS) is 13.9. The molecule has 4 N–H and O–H groups in total. The van der Waals surface area contributed by atoms with E-state index in [4.69, 9.17) is 10.9 Å². The highest BCUT2D eigenvalue weighted by molar-refractivity contribution is 5.80. The lowest BCUT2D eigenvalue weighted by Gasteiger charge is -2.18. The summed E-state index contributed by atoms with van der Waals surface area (Å²) in [5, 5.41) is 14.5. The van der Waals surface area contributed by atoms with Crippen molar-refractivity contribution in [3.05, 3.63) is 24.3 Å². The van der Waals surface area contributed by atoms with Crippen LogP contribution >= 0.6 is 0 Å². The van der Waals surface area contributed by atoms with Crippen molar-refractivity contribution in [3.63, 3.8) is 0 Å². The van der Waals surface area contributed by atoms with Gasteiger partial charge in [0.25, 0.3) is 0 Å². The molecule has 0 amide bonds. The number of hydrogen-bond acceptors (Lipinski definition) is 4. The number of halogens is 3. The van der Waals surface area contributed by atoms with Crippen molar-refractivity contribution in [1.82, 2.24) is 0 Å². The summed E-state index contributed by atoms with van der Waals surface area (Å²) < 4.78 is 39.8. The summed E-state index contributed by atoms with van der Waals surface area (Å²) in [6.07, 6.45) is -3.67. The first-order valence-corrected chi connectivity index (χ1v) is 5.92. The highest BCUT2D eigenvalue weighted by Gasteiger charge is 2.30. The molecular weight excluding hydrogens is 275 g/mol. The second-order valence-corrected chi connectivity index (χ2v) is 4.12. The molecule has 0 saturated heterocycles. The number of alkyl halides is 3. The van der Waals surface area contributed by atoms with Crippen molar-refractivity contribution in [1.29, 1.82) is 0 Å². The second kappa shape index (κ2) is 6.88. The average molecular weight is 291 g/mol. The maximum Gasteiger partial charge on any atom is 0.573 e. The van der Waals surface area contributed by atoms with Crippen LogP contribution in [0.4, 0.5) is 18.9 Å². The molecule has 0 aliphatic carbocycles. The third-order valence-corrected chi connectivity index (χ3v) is 2.54. The molecule has 1 aromatic carbocycles. The number of nitrogens with one attached hydrogen (secondary N) is 1. The van der Waals surface area contributed by atoms with Crippen LogP contribution in [-0.2, 0) is 0 Å². The van der Waals surface area contributed by atoms with E-state index in [-0.39, 0.29) is 17.6 Å². The van der Waals surface area contributed by atoms with Crippen molar-refractivity contribution in [2.24, 2.45) is 10.9 Å². The number of nitrogens with zero attached hydrogens (tertiary/aromatic N) is 1. The second-order valence-electron chi connectivity index (χ2n) is 4.12. The first-order valence-electron chi connectivity index (χ1n) is 5.92. The molecule has 0 aliphatic heterocycles. The Balaban J connectivity index is 2.64. The van der Waals surface area contributed by atoms with Gasteiger partial charge in [0.05, 0.1) is 0 Å². The third-order valence-electron chi connectivity index (χ3n) is 2.54. The summed E-state index contributed by atoms with van der Waals surface area (Å²) in [5.74, 6) is -0.200. The van der Waals surface area contributed by atoms with Gasteiger partial charge in [-0.2, -0.15) is 0 Å². The molecule has 0 aliphatic rings. The van der Waals surface area contributed by atoms with Crippen molar-refractivity contribution < 1.29 is 23.1 Å². The van der Waals surface area contributed by atoms with Gasteiger partial charge in [-0.1, -0.05) is 12.1 Å². The Morgan fingerprint density at radius 3 is 2.45 bits per heavy atom. The minimum Gasteiger partial charge on any atom is -0.409 e. The Morgan fingerprint density at radius 2 is 2.00 bits per heavy atom. The molecule has 8 heteroatoms. The van der Waals surface area contributed by atoms with Gasteiger partial charge in [-0.15, -0.1) is 13.2 Å². The maximum atomic E-state index is 12.0. The van der Waals surface area contributed by atoms with Crippen LogP contribution in [0, 0.1) is 0 Å². The fourth-order valence-corrected chi connectivity index (χ4v) is 1.58. The average Bonchev–Trinajstić information content (AvgIpc) is 2.38. The van der Waals surface area contributed by atoms with E-state index in [9.17, 15) is 13.2 Å². The molecule has 1 atom stereocenters. The summed E-state index contributed by atoms with van der Waals surface area (Å²) in [5.41, 5.74) is 6.03. The van der Waals surface area contributed by atoms with Gasteiger partial charge < -0.3 is 21.0 Å². The van der Waals surface area contributed by atoms with Gasteiger partial charge >= 0.3 is 6.36 Å². The largest absolute Gasteiger partial charge is 0.573 e. The fraction of sp³-hybridized carbons (Fsp3) is 0.417. The van der Waals surface area contributed by atoms with E-state index < -0.39 is 6.36 Å². The highest BCUT2D eigenvalue weighted by atomic mass is 19.4. The molecule has 0 heterocycles. The van der Waals surface area contributed by atoms with Gasteiger partial charge in [-0.05, 0) is 30.7 Å². The van der Waals surface area contributed by atoms with Gasteiger partial charge in [0, 0.05) is 18.2 Å².